The fourth-order valence-corrected chi connectivity index (χ4v) is 3.03. The number of carboxylic acids is 1. The summed E-state index contributed by atoms with van der Waals surface area (Å²) in [6.07, 6.45) is 3.19. The molecule has 5 nitrogen and oxygen atoms in total. The van der Waals surface area contributed by atoms with Gasteiger partial charge in [-0.05, 0) is 30.9 Å². The van der Waals surface area contributed by atoms with Gasteiger partial charge in [0.2, 0.25) is 0 Å². The van der Waals surface area contributed by atoms with Gasteiger partial charge in [0.25, 0.3) is 0 Å². The van der Waals surface area contributed by atoms with Crippen molar-refractivity contribution >= 4 is 17.7 Å². The third kappa shape index (κ3) is 2.95. The number of hydrogen-bond acceptors (Lipinski definition) is 4. The smallest absolute Gasteiger partial charge is 0.313 e. The SMILES string of the molecule is CCc1ccccc1-n1c(SCC(=O)O)nnc1C1CC1. The standard InChI is InChI=1S/C15H17N3O2S/c1-2-10-5-3-4-6-12(10)18-14(11-7-8-11)16-17-15(18)21-9-13(19)20/h3-6,11H,2,7-9H2,1H3,(H,19,20). The number of aryl methyl sites for hydroxylation is 1. The molecule has 0 spiro atoms. The van der Waals surface area contributed by atoms with E-state index in [-0.39, 0.29) is 5.75 Å². The van der Waals surface area contributed by atoms with E-state index in [1.807, 2.05) is 16.7 Å². The van der Waals surface area contributed by atoms with Crippen LogP contribution in [0.4, 0.5) is 0 Å². The number of carbonyl (C=O) groups is 1. The second-order valence-corrected chi connectivity index (χ2v) is 6.06. The molecule has 1 aromatic carbocycles. The first-order valence-corrected chi connectivity index (χ1v) is 8.07. The maximum atomic E-state index is 10.8. The Bertz CT molecular complexity index is 665. The highest BCUT2D eigenvalue weighted by molar-refractivity contribution is 7.99. The fraction of sp³-hybridized carbons (Fsp3) is 0.400. The molecule has 3 rings (SSSR count). The van der Waals surface area contributed by atoms with E-state index in [1.165, 1.54) is 17.3 Å². The number of para-hydroxylation sites is 1. The molecule has 1 fully saturated rings. The summed E-state index contributed by atoms with van der Waals surface area (Å²) in [7, 11) is 0. The number of thioether (sulfide) groups is 1. The van der Waals surface area contributed by atoms with Gasteiger partial charge < -0.3 is 5.11 Å². The van der Waals surface area contributed by atoms with Crippen LogP contribution >= 0.6 is 11.8 Å². The van der Waals surface area contributed by atoms with Gasteiger partial charge in [0.1, 0.15) is 5.82 Å². The molecule has 110 valence electrons. The zero-order valence-corrected chi connectivity index (χ0v) is 12.6. The lowest BCUT2D eigenvalue weighted by molar-refractivity contribution is -0.133. The van der Waals surface area contributed by atoms with Crippen LogP contribution in [0.5, 0.6) is 0 Å². The van der Waals surface area contributed by atoms with Crippen molar-refractivity contribution in [2.24, 2.45) is 0 Å². The van der Waals surface area contributed by atoms with E-state index in [4.69, 9.17) is 5.11 Å². The number of aliphatic carboxylic acids is 1. The summed E-state index contributed by atoms with van der Waals surface area (Å²) in [5, 5.41) is 18.1. The van der Waals surface area contributed by atoms with Gasteiger partial charge >= 0.3 is 5.97 Å². The van der Waals surface area contributed by atoms with E-state index < -0.39 is 5.97 Å². The van der Waals surface area contributed by atoms with Crippen molar-refractivity contribution in [3.8, 4) is 5.69 Å². The summed E-state index contributed by atoms with van der Waals surface area (Å²) in [6.45, 7) is 2.12. The van der Waals surface area contributed by atoms with Crippen molar-refractivity contribution in [1.82, 2.24) is 14.8 Å². The van der Waals surface area contributed by atoms with Gasteiger partial charge in [-0.2, -0.15) is 0 Å². The highest BCUT2D eigenvalue weighted by Crippen LogP contribution is 2.41. The highest BCUT2D eigenvalue weighted by atomic mass is 32.2. The van der Waals surface area contributed by atoms with Crippen LogP contribution in [0.2, 0.25) is 0 Å². The number of hydrogen-bond donors (Lipinski definition) is 1. The van der Waals surface area contributed by atoms with Gasteiger partial charge in [0.15, 0.2) is 5.16 Å². The molecule has 1 aromatic heterocycles. The largest absolute Gasteiger partial charge is 0.481 e. The molecular weight excluding hydrogens is 286 g/mol. The fourth-order valence-electron chi connectivity index (χ4n) is 2.36. The quantitative estimate of drug-likeness (QED) is 0.831. The molecule has 1 N–H and O–H groups in total. The molecule has 21 heavy (non-hydrogen) atoms. The van der Waals surface area contributed by atoms with Gasteiger partial charge in [0, 0.05) is 5.92 Å². The zero-order chi connectivity index (χ0) is 14.8. The van der Waals surface area contributed by atoms with Crippen LogP contribution in [-0.2, 0) is 11.2 Å². The van der Waals surface area contributed by atoms with Gasteiger partial charge in [-0.1, -0.05) is 36.9 Å². The molecule has 0 radical (unpaired) electrons. The molecule has 6 heteroatoms. The Labute approximate surface area is 127 Å². The van der Waals surface area contributed by atoms with Crippen LogP contribution in [0.15, 0.2) is 29.4 Å². The minimum absolute atomic E-state index is 0.00289. The second kappa shape index (κ2) is 5.89. The van der Waals surface area contributed by atoms with Gasteiger partial charge in [-0.3, -0.25) is 9.36 Å². The summed E-state index contributed by atoms with van der Waals surface area (Å²) < 4.78 is 2.05. The molecule has 0 amide bonds. The van der Waals surface area contributed by atoms with Crippen LogP contribution in [0, 0.1) is 0 Å². The number of nitrogens with zero attached hydrogens (tertiary/aromatic N) is 3. The van der Waals surface area contributed by atoms with Gasteiger partial charge in [0.05, 0.1) is 11.4 Å². The van der Waals surface area contributed by atoms with E-state index >= 15 is 0 Å². The summed E-state index contributed by atoms with van der Waals surface area (Å²) in [6, 6.07) is 8.17. The normalized spacial score (nSPS) is 14.3. The first kappa shape index (κ1) is 14.1. The first-order chi connectivity index (χ1) is 10.2. The Hall–Kier alpha value is -1.82. The Kier molecular flexibility index (Phi) is 3.96. The number of rotatable bonds is 6. The minimum atomic E-state index is -0.841. The summed E-state index contributed by atoms with van der Waals surface area (Å²) in [5.41, 5.74) is 2.29. The molecule has 1 aliphatic rings. The van der Waals surface area contributed by atoms with Crippen molar-refractivity contribution in [3.63, 3.8) is 0 Å². The van der Waals surface area contributed by atoms with E-state index in [0.717, 1.165) is 30.8 Å². The maximum absolute atomic E-state index is 10.8. The van der Waals surface area contributed by atoms with Gasteiger partial charge in [-0.25, -0.2) is 0 Å². The molecular formula is C15H17N3O2S. The Morgan fingerprint density at radius 1 is 1.38 bits per heavy atom. The van der Waals surface area contributed by atoms with Crippen molar-refractivity contribution in [2.75, 3.05) is 5.75 Å². The summed E-state index contributed by atoms with van der Waals surface area (Å²) >= 11 is 1.23. The highest BCUT2D eigenvalue weighted by Gasteiger charge is 2.31. The molecule has 0 bridgehead atoms. The van der Waals surface area contributed by atoms with Crippen LogP contribution in [-0.4, -0.2) is 31.6 Å². The van der Waals surface area contributed by atoms with E-state index in [1.54, 1.807) is 0 Å². The molecule has 0 unspecified atom stereocenters. The van der Waals surface area contributed by atoms with E-state index in [9.17, 15) is 4.79 Å². The molecule has 1 heterocycles. The monoisotopic (exact) mass is 303 g/mol. The second-order valence-electron chi connectivity index (χ2n) is 5.12. The summed E-state index contributed by atoms with van der Waals surface area (Å²) in [5.74, 6) is 0.577. The lowest BCUT2D eigenvalue weighted by Gasteiger charge is -2.13. The van der Waals surface area contributed by atoms with E-state index in [2.05, 4.69) is 29.3 Å². The Balaban J connectivity index is 2.05. The third-order valence-corrected chi connectivity index (χ3v) is 4.45. The van der Waals surface area contributed by atoms with Crippen molar-refractivity contribution in [2.45, 2.75) is 37.3 Å². The van der Waals surface area contributed by atoms with Crippen molar-refractivity contribution in [3.05, 3.63) is 35.7 Å². The van der Waals surface area contributed by atoms with Crippen LogP contribution in [0.25, 0.3) is 5.69 Å². The Morgan fingerprint density at radius 2 is 2.14 bits per heavy atom. The lowest BCUT2D eigenvalue weighted by Crippen LogP contribution is -2.06. The number of aromatic nitrogens is 3. The Morgan fingerprint density at radius 3 is 2.81 bits per heavy atom. The average Bonchev–Trinajstić information content (AvgIpc) is 3.25. The topological polar surface area (TPSA) is 68.0 Å². The van der Waals surface area contributed by atoms with Crippen LogP contribution in [0.1, 0.15) is 37.1 Å². The molecule has 1 aliphatic carbocycles. The van der Waals surface area contributed by atoms with Crippen molar-refractivity contribution < 1.29 is 9.90 Å². The number of benzene rings is 1. The number of carboxylic acid groups (broad SMARTS) is 1. The molecule has 0 aliphatic heterocycles. The van der Waals surface area contributed by atoms with Crippen LogP contribution in [0.3, 0.4) is 0 Å². The first-order valence-electron chi connectivity index (χ1n) is 7.09. The molecule has 1 saturated carbocycles. The lowest BCUT2D eigenvalue weighted by atomic mass is 10.1. The molecule has 0 saturated heterocycles. The molecule has 2 aromatic rings. The van der Waals surface area contributed by atoms with Gasteiger partial charge in [-0.15, -0.1) is 10.2 Å². The third-order valence-electron chi connectivity index (χ3n) is 3.54. The average molecular weight is 303 g/mol. The van der Waals surface area contributed by atoms with E-state index in [0.29, 0.717) is 11.1 Å². The summed E-state index contributed by atoms with van der Waals surface area (Å²) in [4.78, 5) is 10.8. The zero-order valence-electron chi connectivity index (χ0n) is 11.8. The predicted octanol–water partition coefficient (Wildman–Crippen LogP) is 2.88. The maximum Gasteiger partial charge on any atom is 0.313 e. The molecule has 0 atom stereocenters. The minimum Gasteiger partial charge on any atom is -0.481 e. The van der Waals surface area contributed by atoms with Crippen LogP contribution < -0.4 is 0 Å². The van der Waals surface area contributed by atoms with Crippen molar-refractivity contribution in [1.29, 1.82) is 0 Å². The predicted molar refractivity (Wildman–Crippen MR) is 81.1 cm³/mol.